The average Bonchev–Trinajstić information content (AvgIpc) is 2.63. The highest BCUT2D eigenvalue weighted by atomic mass is 28.3. The first-order valence-corrected chi connectivity index (χ1v) is 12.0. The van der Waals surface area contributed by atoms with E-state index >= 15 is 0 Å². The molecule has 0 unspecified atom stereocenters. The van der Waals surface area contributed by atoms with Crippen LogP contribution in [0.4, 0.5) is 17.6 Å². The first-order chi connectivity index (χ1) is 13.0. The van der Waals surface area contributed by atoms with Crippen molar-refractivity contribution in [1.82, 2.24) is 0 Å². The van der Waals surface area contributed by atoms with Crippen LogP contribution in [0.3, 0.4) is 0 Å². The minimum atomic E-state index is -3.27. The number of benzene rings is 1. The second-order valence-electron chi connectivity index (χ2n) is 7.26. The zero-order chi connectivity index (χ0) is 19.6. The van der Waals surface area contributed by atoms with Gasteiger partial charge in [0.05, 0.1) is 6.61 Å². The summed E-state index contributed by atoms with van der Waals surface area (Å²) in [6.45, 7) is -0.644. The van der Waals surface area contributed by atoms with E-state index in [-0.39, 0.29) is 14.5 Å². The topological polar surface area (TPSA) is 18.5 Å². The molecule has 7 heteroatoms. The van der Waals surface area contributed by atoms with Crippen LogP contribution in [0.5, 0.6) is 11.5 Å². The van der Waals surface area contributed by atoms with Gasteiger partial charge in [-0.05, 0) is 18.8 Å². The van der Waals surface area contributed by atoms with Crippen LogP contribution in [0.1, 0.15) is 51.9 Å². The average molecular weight is 406 g/mol. The van der Waals surface area contributed by atoms with Crippen molar-refractivity contribution >= 4 is 8.80 Å². The fourth-order valence-electron chi connectivity index (χ4n) is 3.52. The Bertz CT molecular complexity index is 540. The highest BCUT2D eigenvalue weighted by Crippen LogP contribution is 2.31. The minimum absolute atomic E-state index is 0.0126. The van der Waals surface area contributed by atoms with Gasteiger partial charge in [-0.15, -0.1) is 0 Å². The Morgan fingerprint density at radius 3 is 2.26 bits per heavy atom. The van der Waals surface area contributed by atoms with Crippen molar-refractivity contribution in [3.8, 4) is 11.5 Å². The van der Waals surface area contributed by atoms with E-state index in [0.717, 1.165) is 25.0 Å². The van der Waals surface area contributed by atoms with Crippen molar-refractivity contribution in [3.05, 3.63) is 23.8 Å². The molecule has 1 aromatic carbocycles. The number of ether oxygens (including phenoxy) is 2. The molecular weight excluding hydrogens is 376 g/mol. The van der Waals surface area contributed by atoms with Crippen LogP contribution in [-0.4, -0.2) is 22.0 Å². The Morgan fingerprint density at radius 1 is 1.04 bits per heavy atom. The summed E-state index contributed by atoms with van der Waals surface area (Å²) in [6.07, 6.45) is 8.84. The van der Waals surface area contributed by atoms with E-state index in [1.807, 2.05) is 0 Å². The van der Waals surface area contributed by atoms with Gasteiger partial charge in [-0.2, -0.15) is 8.78 Å². The smallest absolute Gasteiger partial charge is 0.387 e. The third-order valence-electron chi connectivity index (χ3n) is 5.11. The van der Waals surface area contributed by atoms with Gasteiger partial charge < -0.3 is 9.47 Å². The molecule has 0 amide bonds. The zero-order valence-electron chi connectivity index (χ0n) is 15.9. The van der Waals surface area contributed by atoms with E-state index < -0.39 is 24.0 Å². The molecule has 0 aromatic heterocycles. The molecule has 0 N–H and O–H groups in total. The molecule has 1 aliphatic heterocycles. The lowest BCUT2D eigenvalue weighted by Gasteiger charge is -2.27. The number of halogens is 4. The van der Waals surface area contributed by atoms with Crippen molar-refractivity contribution in [1.29, 1.82) is 0 Å². The van der Waals surface area contributed by atoms with Gasteiger partial charge in [0, 0.05) is 20.9 Å². The number of hydrogen-bond donors (Lipinski definition) is 0. The molecule has 0 bridgehead atoms. The van der Waals surface area contributed by atoms with Crippen LogP contribution in [0.15, 0.2) is 12.1 Å². The lowest BCUT2D eigenvalue weighted by Crippen LogP contribution is -2.24. The number of unbranched alkanes of at least 4 members (excludes halogenated alkanes) is 4. The van der Waals surface area contributed by atoms with Gasteiger partial charge in [0.15, 0.2) is 17.4 Å². The first kappa shape index (κ1) is 22.1. The third-order valence-corrected chi connectivity index (χ3v) is 8.16. The fraction of sp³-hybridized carbons (Fsp3) is 0.700. The second kappa shape index (κ2) is 11.6. The maximum Gasteiger partial charge on any atom is 0.387 e. The molecular formula is C20H29F4O2Si. The van der Waals surface area contributed by atoms with Crippen molar-refractivity contribution in [2.24, 2.45) is 5.92 Å². The van der Waals surface area contributed by atoms with Crippen molar-refractivity contribution < 1.29 is 27.0 Å². The summed E-state index contributed by atoms with van der Waals surface area (Å²) in [5, 5.41) is 0. The maximum absolute atomic E-state index is 13.7. The molecule has 0 aliphatic carbocycles. The largest absolute Gasteiger partial charge is 0.493 e. The number of rotatable bonds is 11. The van der Waals surface area contributed by atoms with Crippen molar-refractivity contribution in [2.45, 2.75) is 76.6 Å². The van der Waals surface area contributed by atoms with E-state index in [1.165, 1.54) is 50.2 Å². The normalized spacial score (nSPS) is 16.1. The van der Waals surface area contributed by atoms with Gasteiger partial charge in [0.2, 0.25) is 0 Å². The Kier molecular flexibility index (Phi) is 9.45. The van der Waals surface area contributed by atoms with Crippen LogP contribution in [-0.2, 0) is 0 Å². The molecule has 1 fully saturated rings. The minimum Gasteiger partial charge on any atom is -0.493 e. The summed E-state index contributed by atoms with van der Waals surface area (Å²) in [6, 6.07) is 5.74. The summed E-state index contributed by atoms with van der Waals surface area (Å²) >= 11 is 0. The van der Waals surface area contributed by atoms with Gasteiger partial charge in [0.25, 0.3) is 0 Å². The Labute approximate surface area is 160 Å². The van der Waals surface area contributed by atoms with Crippen molar-refractivity contribution in [2.75, 3.05) is 6.61 Å². The van der Waals surface area contributed by atoms with E-state index in [4.69, 9.17) is 4.74 Å². The third kappa shape index (κ3) is 7.72. The molecule has 0 atom stereocenters. The molecule has 1 heterocycles. The fourth-order valence-corrected chi connectivity index (χ4v) is 6.65. The monoisotopic (exact) mass is 405 g/mol. The zero-order valence-corrected chi connectivity index (χ0v) is 16.9. The second-order valence-corrected chi connectivity index (χ2v) is 10.3. The van der Waals surface area contributed by atoms with Gasteiger partial charge in [-0.1, -0.05) is 57.2 Å². The molecule has 27 heavy (non-hydrogen) atoms. The number of alkyl halides is 2. The molecule has 1 saturated heterocycles. The summed E-state index contributed by atoms with van der Waals surface area (Å²) in [7, 11) is -0.243. The molecule has 0 spiro atoms. The van der Waals surface area contributed by atoms with Crippen LogP contribution >= 0.6 is 0 Å². The van der Waals surface area contributed by atoms with Gasteiger partial charge in [0.1, 0.15) is 5.75 Å². The van der Waals surface area contributed by atoms with Gasteiger partial charge >= 0.3 is 6.61 Å². The molecule has 0 saturated carbocycles. The van der Waals surface area contributed by atoms with E-state index in [2.05, 4.69) is 11.7 Å². The Balaban J connectivity index is 1.70. The van der Waals surface area contributed by atoms with Gasteiger partial charge in [-0.3, -0.25) is 0 Å². The van der Waals surface area contributed by atoms with Crippen molar-refractivity contribution in [3.63, 3.8) is 0 Å². The van der Waals surface area contributed by atoms with Crippen LogP contribution in [0.2, 0.25) is 18.1 Å². The summed E-state index contributed by atoms with van der Waals surface area (Å²) < 4.78 is 61.1. The predicted octanol–water partition coefficient (Wildman–Crippen LogP) is 6.82. The van der Waals surface area contributed by atoms with Gasteiger partial charge in [-0.25, -0.2) is 8.78 Å². The maximum atomic E-state index is 13.7. The van der Waals surface area contributed by atoms with Crippen LogP contribution in [0.25, 0.3) is 0 Å². The molecule has 1 aliphatic rings. The Morgan fingerprint density at radius 2 is 1.67 bits per heavy atom. The highest BCUT2D eigenvalue weighted by Gasteiger charge is 2.23. The van der Waals surface area contributed by atoms with E-state index in [9.17, 15) is 17.6 Å². The predicted molar refractivity (Wildman–Crippen MR) is 100 cm³/mol. The lowest BCUT2D eigenvalue weighted by atomic mass is 10.0. The molecule has 1 aromatic rings. The number of hydrogen-bond acceptors (Lipinski definition) is 2. The summed E-state index contributed by atoms with van der Waals surface area (Å²) in [5.74, 6) is -3.02. The van der Waals surface area contributed by atoms with Crippen LogP contribution in [0, 0.1) is 17.6 Å². The standard InChI is InChI=1S/C20H29F4O2Si/c1-2-3-4-5-6-9-27-10-7-15(8-11-27)14-25-16-12-17(21)19(18(22)13-16)26-20(23)24/h12-13,15,20H,2-11,14H2,1H3. The summed E-state index contributed by atoms with van der Waals surface area (Å²) in [4.78, 5) is 0. The SMILES string of the molecule is CCCCCCC[Si]1CCC(COc2cc(F)c(OC(F)F)c(F)c2)CC1. The quantitative estimate of drug-likeness (QED) is 0.228. The van der Waals surface area contributed by atoms with E-state index in [1.54, 1.807) is 0 Å². The molecule has 153 valence electrons. The Hall–Kier alpha value is -1.24. The van der Waals surface area contributed by atoms with Crippen LogP contribution < -0.4 is 9.47 Å². The summed E-state index contributed by atoms with van der Waals surface area (Å²) in [5.41, 5.74) is 0. The molecule has 2 nitrogen and oxygen atoms in total. The lowest BCUT2D eigenvalue weighted by molar-refractivity contribution is -0.0547. The highest BCUT2D eigenvalue weighted by molar-refractivity contribution is 6.58. The first-order valence-electron chi connectivity index (χ1n) is 9.89. The van der Waals surface area contributed by atoms with E-state index in [0.29, 0.717) is 12.5 Å². The molecule has 1 radical (unpaired) electrons. The molecule has 2 rings (SSSR count).